The first-order valence-corrected chi connectivity index (χ1v) is 17.6. The molecular weight excluding hydrogens is 722 g/mol. The summed E-state index contributed by atoms with van der Waals surface area (Å²) in [6, 6.07) is 46.8. The van der Waals surface area contributed by atoms with Gasteiger partial charge in [0.05, 0.1) is 33.5 Å². The number of nitrogens with zero attached hydrogens (tertiary/aromatic N) is 4. The van der Waals surface area contributed by atoms with Gasteiger partial charge in [-0.15, -0.1) is 22.7 Å². The molecule has 0 aliphatic heterocycles. The molecule has 6 aromatic carbocycles. The molecule has 0 radical (unpaired) electrons. The molecule has 0 aliphatic carbocycles. The fourth-order valence-corrected chi connectivity index (χ4v) is 7.27. The summed E-state index contributed by atoms with van der Waals surface area (Å²) in [6.07, 6.45) is 3.32. The van der Waals surface area contributed by atoms with E-state index >= 15 is 0 Å². The Morgan fingerprint density at radius 3 is 1.27 bits per heavy atom. The zero-order chi connectivity index (χ0) is 34.1. The molecule has 0 bridgehead atoms. The van der Waals surface area contributed by atoms with Crippen LogP contribution < -0.4 is 10.2 Å². The van der Waals surface area contributed by atoms with Crippen molar-refractivity contribution in [2.45, 2.75) is 13.1 Å². The van der Waals surface area contributed by atoms with Crippen molar-refractivity contribution >= 4 is 55.5 Å². The van der Waals surface area contributed by atoms with E-state index in [4.69, 9.17) is 0 Å². The summed E-state index contributed by atoms with van der Waals surface area (Å²) in [5.74, 6) is -0.0586. The van der Waals surface area contributed by atoms with E-state index in [0.717, 1.165) is 41.6 Å². The van der Waals surface area contributed by atoms with Crippen molar-refractivity contribution in [1.82, 2.24) is 9.97 Å². The topological polar surface area (TPSA) is 96.6 Å². The Morgan fingerprint density at radius 1 is 0.471 bits per heavy atom. The molecule has 0 spiro atoms. The number of aromatic nitrogens is 2. The molecule has 244 valence electrons. The van der Waals surface area contributed by atoms with Crippen LogP contribution in [0.1, 0.15) is 22.3 Å². The molecule has 0 fully saturated rings. The average molecular weight is 752 g/mol. The van der Waals surface area contributed by atoms with Crippen molar-refractivity contribution in [1.29, 1.82) is 0 Å². The monoisotopic (exact) mass is 750 g/mol. The third-order valence-corrected chi connectivity index (χ3v) is 9.97. The predicted octanol–water partition coefficient (Wildman–Crippen LogP) is 9.31. The van der Waals surface area contributed by atoms with E-state index in [1.54, 1.807) is 24.6 Å². The second-order valence-corrected chi connectivity index (χ2v) is 13.4. The van der Waals surface area contributed by atoms with Gasteiger partial charge in [0, 0.05) is 23.6 Å². The summed E-state index contributed by atoms with van der Waals surface area (Å²) in [5.41, 5.74) is 6.52. The van der Waals surface area contributed by atoms with Crippen LogP contribution >= 0.6 is 22.7 Å². The molecule has 0 saturated carbocycles. The van der Waals surface area contributed by atoms with Gasteiger partial charge in [-0.25, -0.2) is 9.97 Å². The Balaban J connectivity index is 0.000000172. The first-order valence-electron chi connectivity index (χ1n) is 16.0. The third kappa shape index (κ3) is 8.70. The van der Waals surface area contributed by atoms with E-state index in [-0.39, 0.29) is 31.0 Å². The SMILES string of the molecule is [O-]c1c(C=NCc2ccccc2)cccc1-c1nc2ccccc2s1.[O-]c1c(C=NCc2ccccc2)cccc1-c1nc2ccccc2s1.[Zn+2]. The van der Waals surface area contributed by atoms with Crippen molar-refractivity contribution < 1.29 is 29.7 Å². The van der Waals surface area contributed by atoms with Gasteiger partial charge in [0.1, 0.15) is 10.0 Å². The molecular formula is C42H30N4O2S2Zn. The average Bonchev–Trinajstić information content (AvgIpc) is 3.79. The predicted molar refractivity (Wildman–Crippen MR) is 204 cm³/mol. The fraction of sp³-hybridized carbons (Fsp3) is 0.0476. The van der Waals surface area contributed by atoms with Gasteiger partial charge in [0.2, 0.25) is 0 Å². The van der Waals surface area contributed by atoms with Gasteiger partial charge in [-0.2, -0.15) is 0 Å². The number of benzene rings is 6. The second-order valence-electron chi connectivity index (χ2n) is 11.3. The number of fused-ring (bicyclic) bond motifs is 2. The maximum absolute atomic E-state index is 12.8. The Bertz CT molecular complexity index is 2190. The molecule has 6 nitrogen and oxygen atoms in total. The smallest absolute Gasteiger partial charge is 0.872 e. The van der Waals surface area contributed by atoms with Gasteiger partial charge in [0.25, 0.3) is 0 Å². The van der Waals surface area contributed by atoms with E-state index in [0.29, 0.717) is 35.3 Å². The number of para-hydroxylation sites is 4. The Kier molecular flexibility index (Phi) is 11.9. The molecule has 0 aliphatic rings. The van der Waals surface area contributed by atoms with Gasteiger partial charge in [-0.1, -0.05) is 133 Å². The third-order valence-electron chi connectivity index (χ3n) is 7.83. The van der Waals surface area contributed by atoms with Crippen molar-refractivity contribution in [2.75, 3.05) is 0 Å². The summed E-state index contributed by atoms with van der Waals surface area (Å²) in [5, 5.41) is 27.0. The molecule has 0 unspecified atom stereocenters. The minimum atomic E-state index is -0.0293. The van der Waals surface area contributed by atoms with Crippen LogP contribution in [0.2, 0.25) is 0 Å². The molecule has 0 amide bonds. The molecule has 2 heterocycles. The number of hydrogen-bond donors (Lipinski definition) is 0. The molecule has 0 saturated heterocycles. The molecule has 0 N–H and O–H groups in total. The van der Waals surface area contributed by atoms with Crippen LogP contribution in [-0.2, 0) is 32.6 Å². The number of aliphatic imine (C=N–C) groups is 2. The molecule has 8 aromatic rings. The van der Waals surface area contributed by atoms with Gasteiger partial charge in [-0.3, -0.25) is 9.98 Å². The first kappa shape index (κ1) is 35.5. The maximum Gasteiger partial charge on any atom is 2.00 e. The standard InChI is InChI=1S/2C21H16N2OS.Zn/c2*24-20-16(14-22-13-15-7-2-1-3-8-15)9-6-10-17(20)21-23-18-11-4-5-12-19(18)25-21;/h2*1-12,14,24H,13H2;/q;;+2/p-2. The van der Waals surface area contributed by atoms with Gasteiger partial charge >= 0.3 is 19.5 Å². The molecule has 8 rings (SSSR count). The number of hydrogen-bond acceptors (Lipinski definition) is 8. The summed E-state index contributed by atoms with van der Waals surface area (Å²) in [4.78, 5) is 18.0. The largest absolute Gasteiger partial charge is 2.00 e. The van der Waals surface area contributed by atoms with Crippen molar-refractivity contribution in [3.05, 3.63) is 168 Å². The van der Waals surface area contributed by atoms with Crippen LogP contribution in [0.25, 0.3) is 41.6 Å². The Hall–Kier alpha value is -5.34. The van der Waals surface area contributed by atoms with Crippen LogP contribution in [0, 0.1) is 0 Å². The minimum absolute atomic E-state index is 0. The fourth-order valence-electron chi connectivity index (χ4n) is 5.29. The van der Waals surface area contributed by atoms with E-state index < -0.39 is 0 Å². The van der Waals surface area contributed by atoms with E-state index in [2.05, 4.69) is 20.0 Å². The maximum atomic E-state index is 12.8. The van der Waals surface area contributed by atoms with Gasteiger partial charge in [0.15, 0.2) is 0 Å². The van der Waals surface area contributed by atoms with E-state index in [9.17, 15) is 10.2 Å². The Morgan fingerprint density at radius 2 is 0.863 bits per heavy atom. The van der Waals surface area contributed by atoms with Crippen molar-refractivity contribution in [3.8, 4) is 32.6 Å². The van der Waals surface area contributed by atoms with E-state index in [1.807, 2.05) is 133 Å². The normalized spacial score (nSPS) is 11.1. The minimum Gasteiger partial charge on any atom is -0.872 e. The second kappa shape index (κ2) is 17.1. The van der Waals surface area contributed by atoms with Crippen LogP contribution in [-0.4, -0.2) is 22.4 Å². The van der Waals surface area contributed by atoms with Crippen molar-refractivity contribution in [2.24, 2.45) is 9.98 Å². The van der Waals surface area contributed by atoms with Crippen LogP contribution in [0.3, 0.4) is 0 Å². The molecule has 9 heteroatoms. The zero-order valence-corrected chi connectivity index (χ0v) is 32.2. The quantitative estimate of drug-likeness (QED) is 0.114. The number of rotatable bonds is 8. The van der Waals surface area contributed by atoms with Crippen molar-refractivity contribution in [3.63, 3.8) is 0 Å². The van der Waals surface area contributed by atoms with Crippen LogP contribution in [0.5, 0.6) is 11.5 Å². The molecule has 51 heavy (non-hydrogen) atoms. The van der Waals surface area contributed by atoms with Gasteiger partial charge < -0.3 is 10.2 Å². The molecule has 2 aromatic heterocycles. The first-order chi connectivity index (χ1) is 24.6. The van der Waals surface area contributed by atoms with Gasteiger partial charge in [-0.05, 0) is 46.5 Å². The summed E-state index contributed by atoms with van der Waals surface area (Å²) >= 11 is 3.08. The Labute approximate surface area is 317 Å². The summed E-state index contributed by atoms with van der Waals surface area (Å²) in [6.45, 7) is 1.12. The van der Waals surface area contributed by atoms with Crippen LogP contribution in [0.15, 0.2) is 156 Å². The summed E-state index contributed by atoms with van der Waals surface area (Å²) < 4.78 is 2.17. The summed E-state index contributed by atoms with van der Waals surface area (Å²) in [7, 11) is 0. The molecule has 0 atom stereocenters. The van der Waals surface area contributed by atoms with E-state index in [1.165, 1.54) is 22.7 Å². The van der Waals surface area contributed by atoms with Crippen LogP contribution in [0.4, 0.5) is 0 Å². The zero-order valence-electron chi connectivity index (χ0n) is 27.6. The number of thiazole rings is 2.